The van der Waals surface area contributed by atoms with Crippen molar-refractivity contribution in [3.05, 3.63) is 18.0 Å². The van der Waals surface area contributed by atoms with Crippen molar-refractivity contribution in [2.75, 3.05) is 13.2 Å². The van der Waals surface area contributed by atoms with E-state index in [1.165, 1.54) is 0 Å². The van der Waals surface area contributed by atoms with E-state index in [0.29, 0.717) is 24.9 Å². The summed E-state index contributed by atoms with van der Waals surface area (Å²) in [5.74, 6) is -0.316. The third kappa shape index (κ3) is 4.67. The Morgan fingerprint density at radius 3 is 2.79 bits per heavy atom. The third-order valence-corrected chi connectivity index (χ3v) is 3.27. The van der Waals surface area contributed by atoms with E-state index in [1.807, 2.05) is 0 Å². The van der Waals surface area contributed by atoms with Crippen LogP contribution in [0.15, 0.2) is 12.3 Å². The van der Waals surface area contributed by atoms with E-state index in [4.69, 9.17) is 4.74 Å². The summed E-state index contributed by atoms with van der Waals surface area (Å²) in [4.78, 5) is 11.7. The maximum Gasteiger partial charge on any atom is 0.356 e. The zero-order valence-electron chi connectivity index (χ0n) is 12.6. The van der Waals surface area contributed by atoms with Gasteiger partial charge in [0.2, 0.25) is 0 Å². The molecule has 108 valence electrons. The number of nitrogens with one attached hydrogen (secondary N) is 1. The van der Waals surface area contributed by atoms with Gasteiger partial charge in [0.25, 0.3) is 0 Å². The number of carbonyl (C=O) groups excluding carboxylic acids is 1. The average Bonchev–Trinajstić information content (AvgIpc) is 2.76. The summed E-state index contributed by atoms with van der Waals surface area (Å²) >= 11 is 0. The number of aromatic nitrogens is 2. The Morgan fingerprint density at radius 1 is 1.53 bits per heavy atom. The van der Waals surface area contributed by atoms with Gasteiger partial charge in [-0.2, -0.15) is 5.10 Å². The zero-order chi connectivity index (χ0) is 14.5. The van der Waals surface area contributed by atoms with Gasteiger partial charge >= 0.3 is 5.97 Å². The molecule has 1 aromatic rings. The minimum absolute atomic E-state index is 0.216. The smallest absolute Gasteiger partial charge is 0.356 e. The molecule has 1 atom stereocenters. The molecule has 0 aliphatic heterocycles. The molecule has 0 fully saturated rings. The highest BCUT2D eigenvalue weighted by atomic mass is 16.5. The van der Waals surface area contributed by atoms with Gasteiger partial charge in [0.1, 0.15) is 5.69 Å². The van der Waals surface area contributed by atoms with Crippen molar-refractivity contribution in [3.8, 4) is 0 Å². The van der Waals surface area contributed by atoms with Crippen molar-refractivity contribution in [2.45, 2.75) is 47.2 Å². The summed E-state index contributed by atoms with van der Waals surface area (Å²) in [6.45, 7) is 12.4. The maximum atomic E-state index is 11.7. The second-order valence-corrected chi connectivity index (χ2v) is 5.70. The van der Waals surface area contributed by atoms with Crippen molar-refractivity contribution in [1.82, 2.24) is 15.1 Å². The molecule has 0 spiro atoms. The molecule has 1 unspecified atom stereocenters. The highest BCUT2D eigenvalue weighted by Gasteiger charge is 2.19. The number of ether oxygens (including phenoxy) is 1. The van der Waals surface area contributed by atoms with Crippen LogP contribution in [0.5, 0.6) is 0 Å². The second kappa shape index (κ2) is 6.70. The van der Waals surface area contributed by atoms with E-state index in [-0.39, 0.29) is 11.4 Å². The van der Waals surface area contributed by atoms with Gasteiger partial charge in [-0.3, -0.25) is 4.68 Å². The summed E-state index contributed by atoms with van der Waals surface area (Å²) in [5, 5.41) is 7.60. The number of carbonyl (C=O) groups is 1. The molecule has 0 aromatic carbocycles. The first-order valence-electron chi connectivity index (χ1n) is 6.78. The number of rotatable bonds is 6. The van der Waals surface area contributed by atoms with Crippen molar-refractivity contribution >= 4 is 5.97 Å². The minimum atomic E-state index is -0.316. The van der Waals surface area contributed by atoms with Gasteiger partial charge in [-0.05, 0) is 25.3 Å². The van der Waals surface area contributed by atoms with Crippen molar-refractivity contribution in [3.63, 3.8) is 0 Å². The molecule has 0 saturated heterocycles. The lowest BCUT2D eigenvalue weighted by atomic mass is 9.88. The number of nitrogens with zero attached hydrogens (tertiary/aromatic N) is 2. The fourth-order valence-electron chi connectivity index (χ4n) is 1.58. The van der Waals surface area contributed by atoms with Crippen LogP contribution >= 0.6 is 0 Å². The first kappa shape index (κ1) is 15.7. The van der Waals surface area contributed by atoms with E-state index in [0.717, 1.165) is 6.54 Å². The fourth-order valence-corrected chi connectivity index (χ4v) is 1.58. The van der Waals surface area contributed by atoms with Crippen LogP contribution in [0.25, 0.3) is 0 Å². The highest BCUT2D eigenvalue weighted by molar-refractivity contribution is 5.87. The fraction of sp³-hybridized carbons (Fsp3) is 0.714. The second-order valence-electron chi connectivity index (χ2n) is 5.70. The Morgan fingerprint density at radius 2 is 2.21 bits per heavy atom. The van der Waals surface area contributed by atoms with Gasteiger partial charge in [0.05, 0.1) is 13.2 Å². The summed E-state index contributed by atoms with van der Waals surface area (Å²) in [5.41, 5.74) is 0.723. The van der Waals surface area contributed by atoms with Crippen molar-refractivity contribution in [2.24, 2.45) is 5.41 Å². The van der Waals surface area contributed by atoms with Gasteiger partial charge < -0.3 is 10.1 Å². The number of hydrogen-bond donors (Lipinski definition) is 1. The third-order valence-electron chi connectivity index (χ3n) is 3.27. The van der Waals surface area contributed by atoms with Crippen LogP contribution in [0, 0.1) is 5.41 Å². The Kier molecular flexibility index (Phi) is 5.54. The summed E-state index contributed by atoms with van der Waals surface area (Å²) in [6, 6.07) is 2.08. The molecule has 0 bridgehead atoms. The van der Waals surface area contributed by atoms with Gasteiger partial charge in [0.15, 0.2) is 0 Å². The van der Waals surface area contributed by atoms with Gasteiger partial charge in [-0.15, -0.1) is 0 Å². The topological polar surface area (TPSA) is 56.1 Å². The van der Waals surface area contributed by atoms with Crippen LogP contribution in [0.3, 0.4) is 0 Å². The molecule has 1 heterocycles. The molecule has 0 saturated carbocycles. The average molecular weight is 267 g/mol. The number of esters is 1. The van der Waals surface area contributed by atoms with E-state index in [2.05, 4.69) is 38.1 Å². The SMILES string of the molecule is CCOC(=O)c1ccnn1CCNC(C)C(C)(C)C. The van der Waals surface area contributed by atoms with Crippen LogP contribution in [-0.2, 0) is 11.3 Å². The van der Waals surface area contributed by atoms with Gasteiger partial charge in [-0.25, -0.2) is 4.79 Å². The van der Waals surface area contributed by atoms with Crippen LogP contribution in [0.4, 0.5) is 0 Å². The summed E-state index contributed by atoms with van der Waals surface area (Å²) in [6.07, 6.45) is 1.62. The van der Waals surface area contributed by atoms with E-state index in [9.17, 15) is 4.79 Å². The van der Waals surface area contributed by atoms with E-state index >= 15 is 0 Å². The van der Waals surface area contributed by atoms with Crippen LogP contribution in [0.1, 0.15) is 45.1 Å². The first-order chi connectivity index (χ1) is 8.86. The normalized spacial score (nSPS) is 13.3. The Balaban J connectivity index is 2.51. The molecule has 5 nitrogen and oxygen atoms in total. The molecule has 0 aliphatic rings. The summed E-state index contributed by atoms with van der Waals surface area (Å²) in [7, 11) is 0. The molecule has 19 heavy (non-hydrogen) atoms. The molecular formula is C14H25N3O2. The van der Waals surface area contributed by atoms with Crippen LogP contribution in [-0.4, -0.2) is 34.9 Å². The van der Waals surface area contributed by atoms with Crippen LogP contribution in [0.2, 0.25) is 0 Å². The maximum absolute atomic E-state index is 11.7. The monoisotopic (exact) mass is 267 g/mol. The Hall–Kier alpha value is -1.36. The molecule has 1 N–H and O–H groups in total. The highest BCUT2D eigenvalue weighted by Crippen LogP contribution is 2.18. The standard InChI is InChI=1S/C14H25N3O2/c1-6-19-13(18)12-7-8-16-17(12)10-9-15-11(2)14(3,4)5/h7-8,11,15H,6,9-10H2,1-5H3. The van der Waals surface area contributed by atoms with Gasteiger partial charge in [-0.1, -0.05) is 20.8 Å². The molecule has 0 amide bonds. The molecule has 5 heteroatoms. The zero-order valence-corrected chi connectivity index (χ0v) is 12.6. The molecule has 0 radical (unpaired) electrons. The number of hydrogen-bond acceptors (Lipinski definition) is 4. The molecular weight excluding hydrogens is 242 g/mol. The van der Waals surface area contributed by atoms with Crippen molar-refractivity contribution in [1.29, 1.82) is 0 Å². The Labute approximate surface area is 115 Å². The lowest BCUT2D eigenvalue weighted by Gasteiger charge is -2.28. The quantitative estimate of drug-likeness (QED) is 0.802. The van der Waals surface area contributed by atoms with E-state index in [1.54, 1.807) is 23.9 Å². The Bertz CT molecular complexity index is 407. The van der Waals surface area contributed by atoms with Crippen LogP contribution < -0.4 is 5.32 Å². The summed E-state index contributed by atoms with van der Waals surface area (Å²) < 4.78 is 6.67. The molecule has 1 aromatic heterocycles. The predicted octanol–water partition coefficient (Wildman–Crippen LogP) is 2.08. The molecule has 0 aliphatic carbocycles. The van der Waals surface area contributed by atoms with Gasteiger partial charge in [0, 0.05) is 18.8 Å². The minimum Gasteiger partial charge on any atom is -0.461 e. The lowest BCUT2D eigenvalue weighted by molar-refractivity contribution is 0.0511. The van der Waals surface area contributed by atoms with E-state index < -0.39 is 0 Å². The lowest BCUT2D eigenvalue weighted by Crippen LogP contribution is -2.39. The molecule has 1 rings (SSSR count). The largest absolute Gasteiger partial charge is 0.461 e. The van der Waals surface area contributed by atoms with Crippen molar-refractivity contribution < 1.29 is 9.53 Å². The first-order valence-corrected chi connectivity index (χ1v) is 6.78. The predicted molar refractivity (Wildman–Crippen MR) is 75.1 cm³/mol.